The normalized spacial score (nSPS) is 27.7. The van der Waals surface area contributed by atoms with E-state index in [0.717, 1.165) is 25.3 Å². The maximum Gasteiger partial charge on any atom is 0.0703 e. The molecule has 84 valence electrons. The van der Waals surface area contributed by atoms with E-state index in [1.807, 2.05) is 0 Å². The molecule has 2 heteroatoms. The summed E-state index contributed by atoms with van der Waals surface area (Å²) in [7, 11) is 0. The van der Waals surface area contributed by atoms with E-state index in [1.165, 1.54) is 38.8 Å². The Balaban J connectivity index is 1.88. The summed E-state index contributed by atoms with van der Waals surface area (Å²) in [5.74, 6) is 0.892. The average molecular weight is 206 g/mol. The molecule has 0 atom stereocenters. The number of likely N-dealkylation sites (tertiary alicyclic amines) is 1. The van der Waals surface area contributed by atoms with Crippen LogP contribution in [0.25, 0.3) is 0 Å². The van der Waals surface area contributed by atoms with Crippen LogP contribution in [0.5, 0.6) is 0 Å². The maximum absolute atomic E-state index is 9.32. The molecule has 0 aromatic heterocycles. The molecule has 0 unspecified atom stereocenters. The van der Waals surface area contributed by atoms with Gasteiger partial charge in [-0.25, -0.2) is 0 Å². The van der Waals surface area contributed by atoms with Gasteiger partial charge in [-0.1, -0.05) is 19.8 Å². The molecule has 0 radical (unpaired) electrons. The predicted octanol–water partition coefficient (Wildman–Crippen LogP) is 2.80. The Kier molecular flexibility index (Phi) is 3.31. The monoisotopic (exact) mass is 206 g/mol. The van der Waals surface area contributed by atoms with E-state index < -0.39 is 0 Å². The number of hydrogen-bond donors (Lipinski definition) is 0. The van der Waals surface area contributed by atoms with E-state index in [1.54, 1.807) is 0 Å². The van der Waals surface area contributed by atoms with E-state index in [0.29, 0.717) is 0 Å². The second-order valence-electron chi connectivity index (χ2n) is 5.56. The molecular weight excluding hydrogens is 184 g/mol. The van der Waals surface area contributed by atoms with Crippen molar-refractivity contribution in [3.05, 3.63) is 0 Å². The zero-order valence-corrected chi connectivity index (χ0v) is 9.84. The highest BCUT2D eigenvalue weighted by Crippen LogP contribution is 2.38. The fourth-order valence-corrected chi connectivity index (χ4v) is 3.01. The van der Waals surface area contributed by atoms with Gasteiger partial charge in [-0.3, -0.25) is 0 Å². The van der Waals surface area contributed by atoms with Gasteiger partial charge in [0, 0.05) is 6.54 Å². The van der Waals surface area contributed by atoms with Crippen molar-refractivity contribution >= 4 is 0 Å². The first-order valence-corrected chi connectivity index (χ1v) is 6.38. The molecule has 2 nitrogen and oxygen atoms in total. The summed E-state index contributed by atoms with van der Waals surface area (Å²) in [5.41, 5.74) is 0.0145. The summed E-state index contributed by atoms with van der Waals surface area (Å²) in [6, 6.07) is 2.59. The molecule has 1 heterocycles. The second kappa shape index (κ2) is 4.53. The number of piperidine rings is 1. The third-order valence-corrected chi connectivity index (χ3v) is 4.20. The Labute approximate surface area is 93.3 Å². The summed E-state index contributed by atoms with van der Waals surface area (Å²) >= 11 is 0. The molecule has 2 rings (SSSR count). The fourth-order valence-electron chi connectivity index (χ4n) is 3.01. The van der Waals surface area contributed by atoms with Crippen LogP contribution in [0.3, 0.4) is 0 Å². The molecule has 0 N–H and O–H groups in total. The van der Waals surface area contributed by atoms with Gasteiger partial charge in [0.1, 0.15) is 0 Å². The summed E-state index contributed by atoms with van der Waals surface area (Å²) in [4.78, 5) is 2.52. The van der Waals surface area contributed by atoms with Crippen molar-refractivity contribution in [2.45, 2.75) is 45.4 Å². The van der Waals surface area contributed by atoms with Crippen LogP contribution >= 0.6 is 0 Å². The van der Waals surface area contributed by atoms with Crippen LogP contribution in [0.4, 0.5) is 0 Å². The Bertz CT molecular complexity index is 240. The van der Waals surface area contributed by atoms with Crippen molar-refractivity contribution in [1.29, 1.82) is 5.26 Å². The molecule has 1 saturated heterocycles. The van der Waals surface area contributed by atoms with Crippen molar-refractivity contribution in [1.82, 2.24) is 4.90 Å². The van der Waals surface area contributed by atoms with Crippen molar-refractivity contribution < 1.29 is 0 Å². The smallest absolute Gasteiger partial charge is 0.0703 e. The van der Waals surface area contributed by atoms with Gasteiger partial charge in [-0.15, -0.1) is 0 Å². The van der Waals surface area contributed by atoms with E-state index in [-0.39, 0.29) is 5.41 Å². The lowest BCUT2D eigenvalue weighted by Gasteiger charge is -2.35. The van der Waals surface area contributed by atoms with Crippen molar-refractivity contribution in [2.24, 2.45) is 11.3 Å². The van der Waals surface area contributed by atoms with Crippen LogP contribution < -0.4 is 0 Å². The van der Waals surface area contributed by atoms with Crippen LogP contribution in [-0.2, 0) is 0 Å². The topological polar surface area (TPSA) is 27.0 Å². The van der Waals surface area contributed by atoms with Crippen molar-refractivity contribution in [2.75, 3.05) is 19.6 Å². The van der Waals surface area contributed by atoms with Crippen LogP contribution in [0, 0.1) is 22.7 Å². The molecule has 0 spiro atoms. The van der Waals surface area contributed by atoms with Gasteiger partial charge < -0.3 is 4.90 Å². The van der Waals surface area contributed by atoms with Crippen LogP contribution in [0.1, 0.15) is 45.4 Å². The number of nitriles is 1. The molecular formula is C13H22N2. The largest absolute Gasteiger partial charge is 0.302 e. The first-order chi connectivity index (χ1) is 7.24. The minimum atomic E-state index is 0.0145. The molecule has 0 aromatic rings. The predicted molar refractivity (Wildman–Crippen MR) is 61.4 cm³/mol. The van der Waals surface area contributed by atoms with Gasteiger partial charge in [0.15, 0.2) is 0 Å². The molecule has 15 heavy (non-hydrogen) atoms. The first kappa shape index (κ1) is 11.0. The number of hydrogen-bond acceptors (Lipinski definition) is 2. The van der Waals surface area contributed by atoms with E-state index in [2.05, 4.69) is 17.9 Å². The lowest BCUT2D eigenvalue weighted by Crippen LogP contribution is -2.40. The first-order valence-electron chi connectivity index (χ1n) is 6.38. The quantitative estimate of drug-likeness (QED) is 0.694. The lowest BCUT2D eigenvalue weighted by molar-refractivity contribution is 0.144. The molecule has 1 aliphatic carbocycles. The van der Waals surface area contributed by atoms with Crippen LogP contribution in [0.2, 0.25) is 0 Å². The van der Waals surface area contributed by atoms with Gasteiger partial charge in [-0.05, 0) is 44.7 Å². The highest BCUT2D eigenvalue weighted by atomic mass is 15.1. The molecule has 1 aliphatic heterocycles. The highest BCUT2D eigenvalue weighted by molar-refractivity contribution is 5.03. The molecule has 2 fully saturated rings. The van der Waals surface area contributed by atoms with Crippen molar-refractivity contribution in [3.63, 3.8) is 0 Å². The minimum absolute atomic E-state index is 0.0145. The van der Waals surface area contributed by atoms with Gasteiger partial charge in [0.05, 0.1) is 11.5 Å². The zero-order valence-electron chi connectivity index (χ0n) is 9.84. The Hall–Kier alpha value is -0.550. The number of nitrogens with zero attached hydrogens (tertiary/aromatic N) is 2. The zero-order chi connectivity index (χ0) is 10.7. The minimum Gasteiger partial charge on any atom is -0.302 e. The average Bonchev–Trinajstić information content (AvgIpc) is 2.71. The highest BCUT2D eigenvalue weighted by Gasteiger charge is 2.36. The molecule has 0 bridgehead atoms. The third kappa shape index (κ3) is 2.52. The Morgan fingerprint density at radius 1 is 1.27 bits per heavy atom. The fraction of sp³-hybridized carbons (Fsp3) is 0.923. The number of rotatable bonds is 2. The summed E-state index contributed by atoms with van der Waals surface area (Å²) in [6.07, 6.45) is 7.43. The van der Waals surface area contributed by atoms with E-state index in [9.17, 15) is 5.26 Å². The van der Waals surface area contributed by atoms with Gasteiger partial charge in [-0.2, -0.15) is 5.26 Å². The summed E-state index contributed by atoms with van der Waals surface area (Å²) in [6.45, 7) is 5.80. The Morgan fingerprint density at radius 2 is 1.87 bits per heavy atom. The third-order valence-electron chi connectivity index (χ3n) is 4.20. The van der Waals surface area contributed by atoms with Crippen LogP contribution in [0.15, 0.2) is 0 Å². The molecule has 2 aliphatic rings. The molecule has 0 aromatic carbocycles. The van der Waals surface area contributed by atoms with Crippen molar-refractivity contribution in [3.8, 4) is 6.07 Å². The van der Waals surface area contributed by atoms with E-state index in [4.69, 9.17) is 0 Å². The van der Waals surface area contributed by atoms with E-state index >= 15 is 0 Å². The van der Waals surface area contributed by atoms with Gasteiger partial charge >= 0.3 is 0 Å². The van der Waals surface area contributed by atoms with Crippen LogP contribution in [-0.4, -0.2) is 24.5 Å². The molecule has 0 amide bonds. The molecule has 1 saturated carbocycles. The van der Waals surface area contributed by atoms with Gasteiger partial charge in [0.2, 0.25) is 0 Å². The maximum atomic E-state index is 9.32. The summed E-state index contributed by atoms with van der Waals surface area (Å²) < 4.78 is 0. The summed E-state index contributed by atoms with van der Waals surface area (Å²) in [5, 5.41) is 9.32. The lowest BCUT2D eigenvalue weighted by atomic mass is 9.86. The Morgan fingerprint density at radius 3 is 2.40 bits per heavy atom. The standard InChI is InChI=1S/C13H22N2/c1-12-4-8-15(9-5-12)11-13(10-14)6-2-3-7-13/h12H,2-9,11H2,1H3. The van der Waals surface area contributed by atoms with Gasteiger partial charge in [0.25, 0.3) is 0 Å². The second-order valence-corrected chi connectivity index (χ2v) is 5.56. The SMILES string of the molecule is CC1CCN(CC2(C#N)CCCC2)CC1.